The minimum absolute atomic E-state index is 0.131. The Hall–Kier alpha value is -0.810. The van der Waals surface area contributed by atoms with Crippen molar-refractivity contribution in [3.05, 3.63) is 22.4 Å². The van der Waals surface area contributed by atoms with Gasteiger partial charge >= 0.3 is 0 Å². The van der Waals surface area contributed by atoms with Crippen LogP contribution in [0.2, 0.25) is 0 Å². The first-order valence-electron chi connectivity index (χ1n) is 6.30. The van der Waals surface area contributed by atoms with E-state index in [9.17, 15) is 4.79 Å². The quantitative estimate of drug-likeness (QED) is 0.793. The summed E-state index contributed by atoms with van der Waals surface area (Å²) < 4.78 is 2.83. The Morgan fingerprint density at radius 1 is 1.39 bits per heavy atom. The average molecular weight is 314 g/mol. The summed E-state index contributed by atoms with van der Waals surface area (Å²) in [5.41, 5.74) is 0.748. The minimum atomic E-state index is 0.131. The fourth-order valence-electron chi connectivity index (χ4n) is 2.56. The Labute approximate surface area is 117 Å². The zero-order valence-corrected chi connectivity index (χ0v) is 12.8. The number of halogens is 1. The molecule has 2 rings (SSSR count). The minimum Gasteiger partial charge on any atom is -0.345 e. The Bertz CT molecular complexity index is 443. The molecule has 1 amide bonds. The Kier molecular flexibility index (Phi) is 4.12. The summed E-state index contributed by atoms with van der Waals surface area (Å²) in [6.45, 7) is 4.97. The van der Waals surface area contributed by atoms with Gasteiger partial charge in [-0.2, -0.15) is 0 Å². The summed E-state index contributed by atoms with van der Waals surface area (Å²) in [6.07, 6.45) is 2.96. The van der Waals surface area contributed by atoms with Gasteiger partial charge in [-0.15, -0.1) is 0 Å². The van der Waals surface area contributed by atoms with Gasteiger partial charge < -0.3 is 14.4 Å². The molecule has 0 spiro atoms. The van der Waals surface area contributed by atoms with Gasteiger partial charge in [-0.05, 0) is 48.9 Å². The summed E-state index contributed by atoms with van der Waals surface area (Å²) in [4.78, 5) is 16.9. The summed E-state index contributed by atoms with van der Waals surface area (Å²) >= 11 is 3.42. The van der Waals surface area contributed by atoms with Crippen LogP contribution in [-0.2, 0) is 7.05 Å². The molecule has 0 aromatic carbocycles. The van der Waals surface area contributed by atoms with Crippen molar-refractivity contribution in [3.63, 3.8) is 0 Å². The third-order valence-electron chi connectivity index (χ3n) is 3.50. The molecule has 0 radical (unpaired) electrons. The monoisotopic (exact) mass is 313 g/mol. The highest BCUT2D eigenvalue weighted by molar-refractivity contribution is 9.10. The van der Waals surface area contributed by atoms with Gasteiger partial charge in [0.25, 0.3) is 5.91 Å². The standard InChI is InChI=1S/C13H20BrN3O/c1-10-8-15(2)5-4-6-17(10)13(18)12-7-11(14)9-16(12)3/h7,9-10H,4-6,8H2,1-3H3. The zero-order valence-electron chi connectivity index (χ0n) is 11.2. The lowest BCUT2D eigenvalue weighted by Gasteiger charge is -2.28. The largest absolute Gasteiger partial charge is 0.345 e. The third-order valence-corrected chi connectivity index (χ3v) is 3.93. The molecular formula is C13H20BrN3O. The van der Waals surface area contributed by atoms with Gasteiger partial charge in [-0.1, -0.05) is 0 Å². The van der Waals surface area contributed by atoms with Crippen molar-refractivity contribution in [2.45, 2.75) is 19.4 Å². The van der Waals surface area contributed by atoms with Gasteiger partial charge in [-0.25, -0.2) is 0 Å². The molecule has 4 nitrogen and oxygen atoms in total. The van der Waals surface area contributed by atoms with Crippen LogP contribution in [0.3, 0.4) is 0 Å². The van der Waals surface area contributed by atoms with Crippen LogP contribution < -0.4 is 0 Å². The maximum Gasteiger partial charge on any atom is 0.270 e. The molecule has 0 aliphatic carbocycles. The van der Waals surface area contributed by atoms with Gasteiger partial charge in [0.1, 0.15) is 5.69 Å². The lowest BCUT2D eigenvalue weighted by molar-refractivity contribution is 0.0687. The van der Waals surface area contributed by atoms with Gasteiger partial charge in [0.15, 0.2) is 0 Å². The lowest BCUT2D eigenvalue weighted by Crippen LogP contribution is -2.42. The van der Waals surface area contributed by atoms with E-state index in [1.807, 2.05) is 28.8 Å². The van der Waals surface area contributed by atoms with Crippen molar-refractivity contribution >= 4 is 21.8 Å². The molecule has 1 aliphatic rings. The molecule has 1 fully saturated rings. The zero-order chi connectivity index (χ0) is 13.3. The molecule has 1 aromatic rings. The Morgan fingerprint density at radius 3 is 2.72 bits per heavy atom. The molecule has 1 saturated heterocycles. The van der Waals surface area contributed by atoms with E-state index in [0.29, 0.717) is 0 Å². The number of carbonyl (C=O) groups excluding carboxylic acids is 1. The van der Waals surface area contributed by atoms with E-state index >= 15 is 0 Å². The molecule has 1 aliphatic heterocycles. The maximum atomic E-state index is 12.6. The van der Waals surface area contributed by atoms with E-state index in [1.54, 1.807) is 0 Å². The maximum absolute atomic E-state index is 12.6. The van der Waals surface area contributed by atoms with E-state index in [1.165, 1.54) is 0 Å². The first-order chi connectivity index (χ1) is 8.49. The second-order valence-electron chi connectivity index (χ2n) is 5.12. The van der Waals surface area contributed by atoms with E-state index in [2.05, 4.69) is 34.8 Å². The van der Waals surface area contributed by atoms with Crippen LogP contribution in [0.25, 0.3) is 0 Å². The van der Waals surface area contributed by atoms with Crippen LogP contribution >= 0.6 is 15.9 Å². The van der Waals surface area contributed by atoms with Crippen LogP contribution in [0.1, 0.15) is 23.8 Å². The summed E-state index contributed by atoms with van der Waals surface area (Å²) in [5, 5.41) is 0. The van der Waals surface area contributed by atoms with Crippen molar-refractivity contribution < 1.29 is 4.79 Å². The van der Waals surface area contributed by atoms with E-state index in [4.69, 9.17) is 0 Å². The van der Waals surface area contributed by atoms with Crippen LogP contribution in [-0.4, -0.2) is 53.0 Å². The second-order valence-corrected chi connectivity index (χ2v) is 6.03. The van der Waals surface area contributed by atoms with Crippen LogP contribution in [0.15, 0.2) is 16.7 Å². The van der Waals surface area contributed by atoms with E-state index < -0.39 is 0 Å². The lowest BCUT2D eigenvalue weighted by atomic mass is 10.2. The van der Waals surface area contributed by atoms with Gasteiger partial charge in [-0.3, -0.25) is 4.79 Å². The highest BCUT2D eigenvalue weighted by Gasteiger charge is 2.26. The molecule has 1 unspecified atom stereocenters. The molecule has 1 atom stereocenters. The third kappa shape index (κ3) is 2.78. The highest BCUT2D eigenvalue weighted by Crippen LogP contribution is 2.18. The molecule has 18 heavy (non-hydrogen) atoms. The van der Waals surface area contributed by atoms with Crippen molar-refractivity contribution in [2.24, 2.45) is 7.05 Å². The SMILES string of the molecule is CC1CN(C)CCCN1C(=O)c1cc(Br)cn1C. The fourth-order valence-corrected chi connectivity index (χ4v) is 3.08. The number of hydrogen-bond acceptors (Lipinski definition) is 2. The molecule has 2 heterocycles. The van der Waals surface area contributed by atoms with Crippen LogP contribution in [0.4, 0.5) is 0 Å². The van der Waals surface area contributed by atoms with Crippen molar-refractivity contribution in [2.75, 3.05) is 26.7 Å². The Balaban J connectivity index is 2.19. The molecular weight excluding hydrogens is 294 g/mol. The van der Waals surface area contributed by atoms with Crippen LogP contribution in [0.5, 0.6) is 0 Å². The van der Waals surface area contributed by atoms with Crippen molar-refractivity contribution in [1.29, 1.82) is 0 Å². The summed E-state index contributed by atoms with van der Waals surface area (Å²) in [5.74, 6) is 0.131. The molecule has 5 heteroatoms. The van der Waals surface area contributed by atoms with Gasteiger partial charge in [0, 0.05) is 36.8 Å². The molecule has 0 bridgehead atoms. The normalized spacial score (nSPS) is 22.0. The number of likely N-dealkylation sites (N-methyl/N-ethyl adjacent to an activating group) is 1. The number of aryl methyl sites for hydroxylation is 1. The number of rotatable bonds is 1. The number of aromatic nitrogens is 1. The molecule has 0 N–H and O–H groups in total. The predicted molar refractivity (Wildman–Crippen MR) is 75.7 cm³/mol. The number of nitrogens with zero attached hydrogens (tertiary/aromatic N) is 3. The number of amides is 1. The predicted octanol–water partition coefficient (Wildman–Crippen LogP) is 1.95. The number of hydrogen-bond donors (Lipinski definition) is 0. The van der Waals surface area contributed by atoms with Gasteiger partial charge in [0.2, 0.25) is 0 Å². The topological polar surface area (TPSA) is 28.5 Å². The first-order valence-corrected chi connectivity index (χ1v) is 7.09. The van der Waals surface area contributed by atoms with Crippen molar-refractivity contribution in [1.82, 2.24) is 14.4 Å². The van der Waals surface area contributed by atoms with Crippen LogP contribution in [0, 0.1) is 0 Å². The summed E-state index contributed by atoms with van der Waals surface area (Å²) in [7, 11) is 4.02. The number of carbonyl (C=O) groups is 1. The Morgan fingerprint density at radius 2 is 2.11 bits per heavy atom. The van der Waals surface area contributed by atoms with E-state index in [0.717, 1.165) is 36.2 Å². The first kappa shape index (κ1) is 13.6. The molecule has 0 saturated carbocycles. The van der Waals surface area contributed by atoms with Crippen molar-refractivity contribution in [3.8, 4) is 0 Å². The molecule has 1 aromatic heterocycles. The fraction of sp³-hybridized carbons (Fsp3) is 0.615. The summed E-state index contributed by atoms with van der Waals surface area (Å²) in [6, 6.07) is 2.16. The second kappa shape index (κ2) is 5.45. The van der Waals surface area contributed by atoms with E-state index in [-0.39, 0.29) is 11.9 Å². The average Bonchev–Trinajstić information content (AvgIpc) is 2.52. The smallest absolute Gasteiger partial charge is 0.270 e. The van der Waals surface area contributed by atoms with Gasteiger partial charge in [0.05, 0.1) is 0 Å². The highest BCUT2D eigenvalue weighted by atomic mass is 79.9. The molecule has 100 valence electrons.